The molecule has 0 aliphatic heterocycles. The van der Waals surface area contributed by atoms with Crippen molar-refractivity contribution in [2.45, 2.75) is 0 Å². The number of aromatic nitrogens is 2. The van der Waals surface area contributed by atoms with Crippen molar-refractivity contribution in [3.05, 3.63) is 89.0 Å². The molecular weight excluding hydrogens is 413 g/mol. The summed E-state index contributed by atoms with van der Waals surface area (Å²) in [6, 6.07) is 24.7. The predicted molar refractivity (Wildman–Crippen MR) is 127 cm³/mol. The van der Waals surface area contributed by atoms with Gasteiger partial charge in [0.1, 0.15) is 5.52 Å². The second kappa shape index (κ2) is 7.35. The smallest absolute Gasteiger partial charge is 0.220 e. The van der Waals surface area contributed by atoms with Gasteiger partial charge in [0.25, 0.3) is 0 Å². The highest BCUT2D eigenvalue weighted by atomic mass is 35.5. The maximum Gasteiger partial charge on any atom is 0.220 e. The van der Waals surface area contributed by atoms with Gasteiger partial charge in [-0.25, -0.2) is 0 Å². The summed E-state index contributed by atoms with van der Waals surface area (Å²) in [5, 5.41) is 3.60. The van der Waals surface area contributed by atoms with E-state index < -0.39 is 0 Å². The number of fused-ring (bicyclic) bond motifs is 3. The van der Waals surface area contributed by atoms with E-state index >= 15 is 0 Å². The van der Waals surface area contributed by atoms with Crippen LogP contribution in [0.3, 0.4) is 0 Å². The summed E-state index contributed by atoms with van der Waals surface area (Å²) in [5.74, 6) is 0. The Morgan fingerprint density at radius 1 is 0.800 bits per heavy atom. The highest BCUT2D eigenvalue weighted by Gasteiger charge is 2.22. The first kappa shape index (κ1) is 19.0. The number of rotatable bonds is 3. The summed E-state index contributed by atoms with van der Waals surface area (Å²) in [5.41, 5.74) is 6.33. The first-order chi connectivity index (χ1) is 14.5. The van der Waals surface area contributed by atoms with Gasteiger partial charge in [-0.05, 0) is 36.4 Å². The number of aromatic amines is 1. The van der Waals surface area contributed by atoms with Crippen molar-refractivity contribution in [1.29, 1.82) is 0 Å². The molecule has 3 nitrogen and oxygen atoms in total. The molecule has 5 aromatic rings. The fourth-order valence-electron chi connectivity index (χ4n) is 3.88. The average molecular weight is 433 g/mol. The van der Waals surface area contributed by atoms with Crippen molar-refractivity contribution >= 4 is 50.7 Å². The zero-order chi connectivity index (χ0) is 20.8. The zero-order valence-corrected chi connectivity index (χ0v) is 18.2. The van der Waals surface area contributed by atoms with Crippen LogP contribution in [0.2, 0.25) is 10.0 Å². The lowest BCUT2D eigenvalue weighted by molar-refractivity contribution is -0.582. The van der Waals surface area contributed by atoms with Crippen molar-refractivity contribution in [1.82, 2.24) is 4.98 Å². The maximum absolute atomic E-state index is 6.62. The summed E-state index contributed by atoms with van der Waals surface area (Å²) in [6.45, 7) is 0. The molecule has 0 saturated heterocycles. The van der Waals surface area contributed by atoms with E-state index in [0.717, 1.165) is 39.1 Å². The molecule has 0 spiro atoms. The number of H-pyrrole nitrogens is 1. The Morgan fingerprint density at radius 2 is 1.57 bits per heavy atom. The largest absolute Gasteiger partial charge is 0.378 e. The van der Waals surface area contributed by atoms with Crippen LogP contribution in [0.4, 0.5) is 5.69 Å². The van der Waals surface area contributed by atoms with Crippen molar-refractivity contribution in [2.75, 3.05) is 19.0 Å². The molecule has 0 saturated carbocycles. The third-order valence-corrected chi connectivity index (χ3v) is 5.97. The van der Waals surface area contributed by atoms with Crippen LogP contribution >= 0.6 is 23.2 Å². The molecule has 0 unspecified atom stereocenters. The molecule has 5 rings (SSSR count). The zero-order valence-electron chi connectivity index (χ0n) is 16.7. The normalized spacial score (nSPS) is 11.3. The van der Waals surface area contributed by atoms with E-state index in [1.54, 1.807) is 6.07 Å². The van der Waals surface area contributed by atoms with Crippen LogP contribution in [0, 0.1) is 0 Å². The molecule has 0 radical (unpaired) electrons. The lowest BCUT2D eigenvalue weighted by atomic mass is 10.1. The molecule has 2 aromatic heterocycles. The first-order valence-corrected chi connectivity index (χ1v) is 10.5. The monoisotopic (exact) mass is 432 g/mol. The molecule has 5 heteroatoms. The molecule has 2 heterocycles. The fourth-order valence-corrected chi connectivity index (χ4v) is 4.38. The van der Waals surface area contributed by atoms with Gasteiger partial charge in [0.05, 0.1) is 10.6 Å². The molecule has 0 amide bonds. The molecule has 0 bridgehead atoms. The number of hydrogen-bond acceptors (Lipinski definition) is 1. The topological polar surface area (TPSA) is 22.9 Å². The predicted octanol–water partition coefficient (Wildman–Crippen LogP) is 6.64. The number of nitrogens with one attached hydrogen (secondary N) is 1. The first-order valence-electron chi connectivity index (χ1n) is 9.70. The lowest BCUT2D eigenvalue weighted by Crippen LogP contribution is -2.33. The van der Waals surface area contributed by atoms with Gasteiger partial charge in [0.15, 0.2) is 6.20 Å². The molecule has 0 aliphatic carbocycles. The van der Waals surface area contributed by atoms with E-state index in [1.165, 1.54) is 5.39 Å². The van der Waals surface area contributed by atoms with Gasteiger partial charge >= 0.3 is 0 Å². The maximum atomic E-state index is 6.62. The van der Waals surface area contributed by atoms with Crippen LogP contribution in [0.25, 0.3) is 38.8 Å². The third-order valence-electron chi connectivity index (χ3n) is 5.43. The Hall–Kier alpha value is -3.01. The Balaban J connectivity index is 1.81. The fraction of sp³-hybridized carbons (Fsp3) is 0.0800. The Bertz CT molecular complexity index is 1390. The van der Waals surface area contributed by atoms with Gasteiger partial charge in [0, 0.05) is 59.3 Å². The molecule has 1 N–H and O–H groups in total. The van der Waals surface area contributed by atoms with E-state index in [2.05, 4.69) is 69.2 Å². The second-order valence-electron chi connectivity index (χ2n) is 7.56. The Morgan fingerprint density at radius 3 is 2.30 bits per heavy atom. The summed E-state index contributed by atoms with van der Waals surface area (Å²) < 4.78 is 2.17. The van der Waals surface area contributed by atoms with E-state index in [-0.39, 0.29) is 0 Å². The van der Waals surface area contributed by atoms with Crippen molar-refractivity contribution in [2.24, 2.45) is 0 Å². The average Bonchev–Trinajstić information content (AvgIpc) is 3.11. The molecular formula is C25H20Cl2N3+. The standard InChI is InChI=1S/C25H19Cl2N3/c1-29(2)17-8-10-18(11-9-17)30-15-24-21(19-5-3-4-6-23(19)28-24)14-25(30)20-12-7-16(26)13-22(20)27/h3-15H,1-2H3/p+1. The highest BCUT2D eigenvalue weighted by molar-refractivity contribution is 6.36. The van der Waals surface area contributed by atoms with E-state index in [1.807, 2.05) is 32.3 Å². The van der Waals surface area contributed by atoms with Crippen LogP contribution in [0.15, 0.2) is 79.0 Å². The summed E-state index contributed by atoms with van der Waals surface area (Å²) in [6.07, 6.45) is 2.14. The number of hydrogen-bond donors (Lipinski definition) is 1. The van der Waals surface area contributed by atoms with Crippen LogP contribution in [0.1, 0.15) is 0 Å². The number of halogens is 2. The van der Waals surface area contributed by atoms with Crippen molar-refractivity contribution in [3.8, 4) is 16.9 Å². The van der Waals surface area contributed by atoms with Gasteiger partial charge in [-0.3, -0.25) is 0 Å². The Labute approximate surface area is 185 Å². The van der Waals surface area contributed by atoms with Crippen LogP contribution in [0.5, 0.6) is 0 Å². The minimum Gasteiger partial charge on any atom is -0.378 e. The number of benzene rings is 3. The summed E-state index contributed by atoms with van der Waals surface area (Å²) >= 11 is 12.8. The highest BCUT2D eigenvalue weighted by Crippen LogP contribution is 2.33. The SMILES string of the molecule is CN(C)c1ccc(-[n+]2cc3[nH]c4ccccc4c3cc2-c2ccc(Cl)cc2Cl)cc1. The molecule has 0 aliphatic rings. The van der Waals surface area contributed by atoms with Gasteiger partial charge < -0.3 is 9.88 Å². The van der Waals surface area contributed by atoms with E-state index in [9.17, 15) is 0 Å². The molecule has 3 aromatic carbocycles. The van der Waals surface area contributed by atoms with E-state index in [4.69, 9.17) is 23.2 Å². The van der Waals surface area contributed by atoms with Crippen LogP contribution in [-0.4, -0.2) is 19.1 Å². The van der Waals surface area contributed by atoms with Gasteiger partial charge in [-0.1, -0.05) is 41.4 Å². The minimum absolute atomic E-state index is 0.624. The third kappa shape index (κ3) is 3.20. The summed E-state index contributed by atoms with van der Waals surface area (Å²) in [7, 11) is 4.08. The summed E-state index contributed by atoms with van der Waals surface area (Å²) in [4.78, 5) is 5.63. The molecule has 148 valence electrons. The number of pyridine rings is 1. The molecule has 0 atom stereocenters. The number of anilines is 1. The Kier molecular flexibility index (Phi) is 4.65. The lowest BCUT2D eigenvalue weighted by Gasteiger charge is -2.12. The van der Waals surface area contributed by atoms with Crippen LogP contribution < -0.4 is 9.47 Å². The quantitative estimate of drug-likeness (QED) is 0.317. The van der Waals surface area contributed by atoms with Crippen molar-refractivity contribution in [3.63, 3.8) is 0 Å². The minimum atomic E-state index is 0.624. The molecule has 30 heavy (non-hydrogen) atoms. The number of para-hydroxylation sites is 1. The van der Waals surface area contributed by atoms with E-state index in [0.29, 0.717) is 10.0 Å². The molecule has 0 fully saturated rings. The van der Waals surface area contributed by atoms with Gasteiger partial charge in [0.2, 0.25) is 11.4 Å². The second-order valence-corrected chi connectivity index (χ2v) is 8.41. The number of nitrogens with zero attached hydrogens (tertiary/aromatic N) is 2. The van der Waals surface area contributed by atoms with Crippen LogP contribution in [-0.2, 0) is 0 Å². The van der Waals surface area contributed by atoms with Gasteiger partial charge in [-0.15, -0.1) is 0 Å². The van der Waals surface area contributed by atoms with Crippen molar-refractivity contribution < 1.29 is 4.57 Å². The van der Waals surface area contributed by atoms with Gasteiger partial charge in [-0.2, -0.15) is 4.57 Å².